The molecule has 0 bridgehead atoms. The molecule has 28 heavy (non-hydrogen) atoms. The van der Waals surface area contributed by atoms with Crippen LogP contribution in [-0.4, -0.2) is 14.4 Å². The average molecular weight is 495 g/mol. The van der Waals surface area contributed by atoms with Crippen LogP contribution in [0.25, 0.3) is 0 Å². The zero-order chi connectivity index (χ0) is 20.1. The molecule has 3 fully saturated rings. The number of halogens is 6. The molecule has 2 spiro atoms. The molecule has 4 unspecified atom stereocenters. The molecule has 3 saturated carbocycles. The number of alkyl halides is 4. The number of Topliss-reactive ketones (excluding diaryl/α,β-unsaturated/α-hetero) is 1. The molecule has 7 heteroatoms. The molecule has 0 saturated heterocycles. The Morgan fingerprint density at radius 3 is 1.29 bits per heavy atom. The summed E-state index contributed by atoms with van der Waals surface area (Å²) in [6.07, 6.45) is 1.11. The minimum absolute atomic E-state index is 0.0325. The van der Waals surface area contributed by atoms with Gasteiger partial charge in [-0.05, 0) is 48.2 Å². The topological polar surface area (TPSA) is 17.1 Å². The summed E-state index contributed by atoms with van der Waals surface area (Å²) >= 11 is 38.8. The van der Waals surface area contributed by atoms with E-state index in [0.29, 0.717) is 22.9 Å². The predicted octanol–water partition coefficient (Wildman–Crippen LogP) is 7.57. The van der Waals surface area contributed by atoms with Crippen molar-refractivity contribution in [3.05, 3.63) is 69.7 Å². The number of carbonyl (C=O) groups excluding carboxylic acids is 1. The minimum atomic E-state index is -1.18. The molecule has 3 aliphatic rings. The van der Waals surface area contributed by atoms with E-state index < -0.39 is 19.5 Å². The largest absolute Gasteiger partial charge is 0.298 e. The Balaban J connectivity index is 1.54. The van der Waals surface area contributed by atoms with Crippen molar-refractivity contribution in [3.8, 4) is 0 Å². The second-order valence-electron chi connectivity index (χ2n) is 7.99. The van der Waals surface area contributed by atoms with Gasteiger partial charge in [-0.15, -0.1) is 0 Å². The molecular weight excluding hydrogens is 481 g/mol. The summed E-state index contributed by atoms with van der Waals surface area (Å²) < 4.78 is -2.36. The number of benzene rings is 2. The van der Waals surface area contributed by atoms with Gasteiger partial charge in [0.2, 0.25) is 0 Å². The smallest absolute Gasteiger partial charge is 0.152 e. The molecule has 0 amide bonds. The predicted molar refractivity (Wildman–Crippen MR) is 116 cm³/mol. The quantitative estimate of drug-likeness (QED) is 0.393. The highest BCUT2D eigenvalue weighted by Crippen LogP contribution is 2.89. The third-order valence-electron chi connectivity index (χ3n) is 6.86. The van der Waals surface area contributed by atoms with Crippen LogP contribution in [0.5, 0.6) is 0 Å². The van der Waals surface area contributed by atoms with Crippen LogP contribution >= 0.6 is 69.6 Å². The van der Waals surface area contributed by atoms with E-state index in [1.54, 1.807) is 24.3 Å². The summed E-state index contributed by atoms with van der Waals surface area (Å²) in [5, 5.41) is 1.24. The number of ketones is 1. The van der Waals surface area contributed by atoms with Crippen molar-refractivity contribution >= 4 is 75.4 Å². The van der Waals surface area contributed by atoms with Gasteiger partial charge in [0.1, 0.15) is 8.67 Å². The third-order valence-corrected chi connectivity index (χ3v) is 9.59. The fourth-order valence-corrected chi connectivity index (χ4v) is 7.86. The van der Waals surface area contributed by atoms with Gasteiger partial charge in [-0.2, -0.15) is 0 Å². The summed E-state index contributed by atoms with van der Waals surface area (Å²) in [4.78, 5) is 13.8. The van der Waals surface area contributed by atoms with E-state index in [2.05, 4.69) is 0 Å². The lowest BCUT2D eigenvalue weighted by atomic mass is 9.91. The van der Waals surface area contributed by atoms with E-state index >= 15 is 0 Å². The number of carbonyl (C=O) groups is 1. The fourth-order valence-electron chi connectivity index (χ4n) is 5.42. The van der Waals surface area contributed by atoms with Crippen LogP contribution in [0.3, 0.4) is 0 Å². The van der Waals surface area contributed by atoms with Crippen molar-refractivity contribution in [2.75, 3.05) is 0 Å². The van der Waals surface area contributed by atoms with Gasteiger partial charge in [0.05, 0.1) is 10.8 Å². The molecule has 0 aliphatic heterocycles. The maximum atomic E-state index is 13.8. The molecule has 146 valence electrons. The van der Waals surface area contributed by atoms with Crippen LogP contribution in [0.2, 0.25) is 10.0 Å². The Hall–Kier alpha value is -0.150. The van der Waals surface area contributed by atoms with Gasteiger partial charge >= 0.3 is 0 Å². The molecule has 0 aromatic heterocycles. The summed E-state index contributed by atoms with van der Waals surface area (Å²) in [7, 11) is 0. The van der Waals surface area contributed by atoms with Gasteiger partial charge in [0.15, 0.2) is 5.78 Å². The maximum Gasteiger partial charge on any atom is 0.152 e. The zero-order valence-electron chi connectivity index (χ0n) is 14.4. The molecule has 0 radical (unpaired) electrons. The Kier molecular flexibility index (Phi) is 4.22. The molecule has 5 rings (SSSR count). The van der Waals surface area contributed by atoms with Gasteiger partial charge in [-0.3, -0.25) is 4.79 Å². The molecule has 0 N–H and O–H groups in total. The third kappa shape index (κ3) is 2.22. The summed E-state index contributed by atoms with van der Waals surface area (Å²) in [5.41, 5.74) is 0.0526. The van der Waals surface area contributed by atoms with Crippen molar-refractivity contribution in [3.63, 3.8) is 0 Å². The molecule has 1 nitrogen and oxygen atoms in total. The lowest BCUT2D eigenvalue weighted by Gasteiger charge is -2.12. The summed E-state index contributed by atoms with van der Waals surface area (Å²) in [6, 6.07) is 14.6. The van der Waals surface area contributed by atoms with Gasteiger partial charge in [-0.1, -0.05) is 93.9 Å². The SMILES string of the molecule is O=C1C2(CCC13C(c1ccc(Cl)cc1)C3(Cl)Cl)C(c1ccc(Cl)cc1)C2(Cl)Cl. The first-order valence-electron chi connectivity index (χ1n) is 8.92. The van der Waals surface area contributed by atoms with Crippen molar-refractivity contribution in [1.82, 2.24) is 0 Å². The lowest BCUT2D eigenvalue weighted by Crippen LogP contribution is -2.25. The molecule has 0 heterocycles. The van der Waals surface area contributed by atoms with E-state index in [4.69, 9.17) is 69.6 Å². The normalized spacial score (nSPS) is 36.9. The van der Waals surface area contributed by atoms with Crippen LogP contribution in [0, 0.1) is 10.8 Å². The second-order valence-corrected chi connectivity index (χ2v) is 11.6. The Bertz CT molecular complexity index is 903. The minimum Gasteiger partial charge on any atom is -0.298 e. The van der Waals surface area contributed by atoms with Gasteiger partial charge in [-0.25, -0.2) is 0 Å². The maximum absolute atomic E-state index is 13.8. The van der Waals surface area contributed by atoms with Gasteiger partial charge < -0.3 is 0 Å². The van der Waals surface area contributed by atoms with Gasteiger partial charge in [0, 0.05) is 21.9 Å². The molecule has 4 atom stereocenters. The summed E-state index contributed by atoms with van der Waals surface area (Å²) in [6.45, 7) is 0. The second kappa shape index (κ2) is 5.96. The van der Waals surface area contributed by atoms with E-state index in [-0.39, 0.29) is 17.6 Å². The average Bonchev–Trinajstić information content (AvgIpc) is 3.28. The fraction of sp³-hybridized carbons (Fsp3) is 0.381. The Morgan fingerprint density at radius 1 is 0.643 bits per heavy atom. The Morgan fingerprint density at radius 2 is 0.964 bits per heavy atom. The first kappa shape index (κ1) is 19.8. The highest BCUT2D eigenvalue weighted by molar-refractivity contribution is 6.57. The number of hydrogen-bond acceptors (Lipinski definition) is 1. The van der Waals surface area contributed by atoms with Crippen LogP contribution in [0.4, 0.5) is 0 Å². The first-order valence-corrected chi connectivity index (χ1v) is 11.2. The zero-order valence-corrected chi connectivity index (χ0v) is 18.9. The standard InChI is InChI=1S/C21H14Cl6O/c22-13-5-1-11(2-6-13)15-18(20(15,24)25)9-10-19(17(18)28)16(21(19,26)27)12-3-7-14(23)8-4-12/h1-8,15-16H,9-10H2. The van der Waals surface area contributed by atoms with Crippen molar-refractivity contribution in [2.24, 2.45) is 10.8 Å². The monoisotopic (exact) mass is 492 g/mol. The summed E-state index contributed by atoms with van der Waals surface area (Å²) in [5.74, 6) is -0.638. The van der Waals surface area contributed by atoms with E-state index in [1.807, 2.05) is 24.3 Å². The molecular formula is C21H14Cl6O. The van der Waals surface area contributed by atoms with Gasteiger partial charge in [0.25, 0.3) is 0 Å². The molecule has 3 aliphatic carbocycles. The van der Waals surface area contributed by atoms with Crippen molar-refractivity contribution < 1.29 is 4.79 Å². The lowest BCUT2D eigenvalue weighted by molar-refractivity contribution is -0.126. The van der Waals surface area contributed by atoms with Crippen LogP contribution in [0.1, 0.15) is 35.8 Å². The van der Waals surface area contributed by atoms with E-state index in [1.165, 1.54) is 0 Å². The Labute approximate surface area is 193 Å². The number of hydrogen-bond donors (Lipinski definition) is 0. The van der Waals surface area contributed by atoms with E-state index in [9.17, 15) is 4.79 Å². The molecule has 2 aromatic carbocycles. The first-order chi connectivity index (χ1) is 13.1. The van der Waals surface area contributed by atoms with Crippen LogP contribution in [-0.2, 0) is 4.79 Å². The number of rotatable bonds is 2. The van der Waals surface area contributed by atoms with Crippen molar-refractivity contribution in [2.45, 2.75) is 33.3 Å². The van der Waals surface area contributed by atoms with Crippen molar-refractivity contribution in [1.29, 1.82) is 0 Å². The van der Waals surface area contributed by atoms with Crippen LogP contribution < -0.4 is 0 Å². The molecule has 2 aromatic rings. The highest BCUT2D eigenvalue weighted by atomic mass is 35.5. The van der Waals surface area contributed by atoms with E-state index in [0.717, 1.165) is 11.1 Å². The van der Waals surface area contributed by atoms with Crippen LogP contribution in [0.15, 0.2) is 48.5 Å². The highest BCUT2D eigenvalue weighted by Gasteiger charge is 2.92.